The van der Waals surface area contributed by atoms with Gasteiger partial charge in [-0.15, -0.1) is 0 Å². The van der Waals surface area contributed by atoms with Gasteiger partial charge in [0.05, 0.1) is 0 Å². The Labute approximate surface area is 111 Å². The molecular formula is C14H28N2O2. The molecule has 4 heteroatoms. The topological polar surface area (TPSA) is 52.6 Å². The van der Waals surface area contributed by atoms with E-state index in [2.05, 4.69) is 5.32 Å². The van der Waals surface area contributed by atoms with Crippen LogP contribution in [0.25, 0.3) is 0 Å². The van der Waals surface area contributed by atoms with E-state index in [1.807, 2.05) is 20.8 Å². The molecule has 1 saturated carbocycles. The van der Waals surface area contributed by atoms with Gasteiger partial charge in [0.1, 0.15) is 0 Å². The van der Waals surface area contributed by atoms with Crippen LogP contribution in [-0.2, 0) is 0 Å². The first-order valence-corrected chi connectivity index (χ1v) is 7.15. The van der Waals surface area contributed by atoms with E-state index < -0.39 is 6.09 Å². The molecule has 0 aliphatic heterocycles. The van der Waals surface area contributed by atoms with Crippen LogP contribution in [0.4, 0.5) is 4.79 Å². The van der Waals surface area contributed by atoms with Gasteiger partial charge in [0.25, 0.3) is 0 Å². The van der Waals surface area contributed by atoms with Crippen molar-refractivity contribution in [2.24, 2.45) is 0 Å². The highest BCUT2D eigenvalue weighted by molar-refractivity contribution is 5.65. The Kier molecular flexibility index (Phi) is 5.93. The molecule has 18 heavy (non-hydrogen) atoms. The molecule has 0 heterocycles. The molecule has 0 aromatic carbocycles. The molecule has 0 bridgehead atoms. The average Bonchev–Trinajstić information content (AvgIpc) is 2.27. The van der Waals surface area contributed by atoms with Crippen molar-refractivity contribution >= 4 is 6.09 Å². The van der Waals surface area contributed by atoms with E-state index in [4.69, 9.17) is 5.11 Å². The van der Waals surface area contributed by atoms with Gasteiger partial charge in [-0.2, -0.15) is 0 Å². The molecule has 1 fully saturated rings. The highest BCUT2D eigenvalue weighted by Gasteiger charge is 2.25. The Balaban J connectivity index is 2.20. The summed E-state index contributed by atoms with van der Waals surface area (Å²) in [6.45, 7) is 7.35. The zero-order valence-electron chi connectivity index (χ0n) is 12.0. The summed E-state index contributed by atoms with van der Waals surface area (Å²) in [7, 11) is 0. The molecular weight excluding hydrogens is 228 g/mol. The van der Waals surface area contributed by atoms with Gasteiger partial charge < -0.3 is 15.3 Å². The lowest BCUT2D eigenvalue weighted by Gasteiger charge is -2.33. The van der Waals surface area contributed by atoms with Crippen molar-refractivity contribution in [3.8, 4) is 0 Å². The Hall–Kier alpha value is -0.770. The maximum absolute atomic E-state index is 11.1. The average molecular weight is 256 g/mol. The van der Waals surface area contributed by atoms with Crippen LogP contribution in [0.1, 0.15) is 59.3 Å². The Bertz CT molecular complexity index is 255. The SMILES string of the molecule is CC(C)(C)N(CCCNC1CCCCC1)C(=O)O. The monoisotopic (exact) mass is 256 g/mol. The van der Waals surface area contributed by atoms with Crippen LogP contribution in [0.3, 0.4) is 0 Å². The molecule has 1 aliphatic carbocycles. The molecule has 0 radical (unpaired) electrons. The van der Waals surface area contributed by atoms with Crippen molar-refractivity contribution in [1.29, 1.82) is 0 Å². The molecule has 0 saturated heterocycles. The minimum atomic E-state index is -0.819. The third-order valence-corrected chi connectivity index (χ3v) is 3.64. The third kappa shape index (κ3) is 5.25. The van der Waals surface area contributed by atoms with E-state index >= 15 is 0 Å². The summed E-state index contributed by atoms with van der Waals surface area (Å²) in [5.41, 5.74) is -0.309. The van der Waals surface area contributed by atoms with Crippen LogP contribution in [0.2, 0.25) is 0 Å². The Morgan fingerprint density at radius 3 is 2.39 bits per heavy atom. The van der Waals surface area contributed by atoms with Gasteiger partial charge in [0.15, 0.2) is 0 Å². The summed E-state index contributed by atoms with van der Waals surface area (Å²) < 4.78 is 0. The maximum Gasteiger partial charge on any atom is 0.407 e. The summed E-state index contributed by atoms with van der Waals surface area (Å²) >= 11 is 0. The number of hydrogen-bond donors (Lipinski definition) is 2. The van der Waals surface area contributed by atoms with E-state index in [0.29, 0.717) is 12.6 Å². The maximum atomic E-state index is 11.1. The van der Waals surface area contributed by atoms with E-state index in [-0.39, 0.29) is 5.54 Å². The zero-order valence-corrected chi connectivity index (χ0v) is 12.0. The third-order valence-electron chi connectivity index (χ3n) is 3.64. The van der Waals surface area contributed by atoms with Gasteiger partial charge in [0.2, 0.25) is 0 Å². The summed E-state index contributed by atoms with van der Waals surface area (Å²) in [6.07, 6.45) is 6.67. The quantitative estimate of drug-likeness (QED) is 0.743. The van der Waals surface area contributed by atoms with E-state index in [9.17, 15) is 4.79 Å². The summed E-state index contributed by atoms with van der Waals surface area (Å²) in [5, 5.41) is 12.7. The number of nitrogens with one attached hydrogen (secondary N) is 1. The number of carboxylic acid groups (broad SMARTS) is 1. The highest BCUT2D eigenvalue weighted by atomic mass is 16.4. The second-order valence-electron chi connectivity index (χ2n) is 6.25. The fourth-order valence-electron chi connectivity index (χ4n) is 2.57. The van der Waals surface area contributed by atoms with Gasteiger partial charge in [-0.05, 0) is 46.6 Å². The first-order valence-electron chi connectivity index (χ1n) is 7.15. The minimum absolute atomic E-state index is 0.309. The number of hydrogen-bond acceptors (Lipinski definition) is 2. The lowest BCUT2D eigenvalue weighted by Crippen LogP contribution is -2.46. The smallest absolute Gasteiger partial charge is 0.407 e. The van der Waals surface area contributed by atoms with Crippen LogP contribution in [0.15, 0.2) is 0 Å². The number of nitrogens with zero attached hydrogens (tertiary/aromatic N) is 1. The zero-order chi connectivity index (χ0) is 13.6. The standard InChI is InChI=1S/C14H28N2O2/c1-14(2,3)16(13(17)18)11-7-10-15-12-8-5-4-6-9-12/h12,15H,4-11H2,1-3H3,(H,17,18). The minimum Gasteiger partial charge on any atom is -0.465 e. The molecule has 0 atom stereocenters. The van der Waals surface area contributed by atoms with E-state index in [1.54, 1.807) is 0 Å². The highest BCUT2D eigenvalue weighted by Crippen LogP contribution is 2.17. The molecule has 0 aromatic heterocycles. The molecule has 0 unspecified atom stereocenters. The van der Waals surface area contributed by atoms with Crippen molar-refractivity contribution in [2.75, 3.05) is 13.1 Å². The first kappa shape index (κ1) is 15.3. The van der Waals surface area contributed by atoms with Gasteiger partial charge in [-0.25, -0.2) is 4.79 Å². The van der Waals surface area contributed by atoms with Crippen molar-refractivity contribution in [2.45, 2.75) is 70.9 Å². The number of carbonyl (C=O) groups is 1. The fourth-order valence-corrected chi connectivity index (χ4v) is 2.57. The summed E-state index contributed by atoms with van der Waals surface area (Å²) in [5.74, 6) is 0. The van der Waals surface area contributed by atoms with E-state index in [0.717, 1.165) is 13.0 Å². The van der Waals surface area contributed by atoms with Crippen LogP contribution in [0.5, 0.6) is 0 Å². The fraction of sp³-hybridized carbons (Fsp3) is 0.929. The summed E-state index contributed by atoms with van der Waals surface area (Å²) in [4.78, 5) is 12.7. The summed E-state index contributed by atoms with van der Waals surface area (Å²) in [6, 6.07) is 0.659. The van der Waals surface area contributed by atoms with Crippen molar-refractivity contribution < 1.29 is 9.90 Å². The molecule has 2 N–H and O–H groups in total. The van der Waals surface area contributed by atoms with Crippen molar-refractivity contribution in [3.63, 3.8) is 0 Å². The van der Waals surface area contributed by atoms with Gasteiger partial charge in [0, 0.05) is 18.1 Å². The Morgan fingerprint density at radius 1 is 1.28 bits per heavy atom. The second-order valence-corrected chi connectivity index (χ2v) is 6.25. The predicted octanol–water partition coefficient (Wildman–Crippen LogP) is 3.08. The molecule has 4 nitrogen and oxygen atoms in total. The van der Waals surface area contributed by atoms with Crippen molar-refractivity contribution in [3.05, 3.63) is 0 Å². The normalized spacial score (nSPS) is 17.7. The van der Waals surface area contributed by atoms with Gasteiger partial charge in [-0.3, -0.25) is 0 Å². The van der Waals surface area contributed by atoms with Crippen molar-refractivity contribution in [1.82, 2.24) is 10.2 Å². The van der Waals surface area contributed by atoms with Crippen LogP contribution in [0, 0.1) is 0 Å². The lowest BCUT2D eigenvalue weighted by atomic mass is 9.95. The van der Waals surface area contributed by atoms with E-state index in [1.165, 1.54) is 37.0 Å². The molecule has 106 valence electrons. The Morgan fingerprint density at radius 2 is 1.89 bits per heavy atom. The second kappa shape index (κ2) is 6.98. The van der Waals surface area contributed by atoms with Crippen LogP contribution < -0.4 is 5.32 Å². The van der Waals surface area contributed by atoms with Gasteiger partial charge in [-0.1, -0.05) is 19.3 Å². The van der Waals surface area contributed by atoms with Crippen LogP contribution >= 0.6 is 0 Å². The predicted molar refractivity (Wildman–Crippen MR) is 74.0 cm³/mol. The number of rotatable bonds is 5. The lowest BCUT2D eigenvalue weighted by molar-refractivity contribution is 0.0993. The molecule has 1 rings (SSSR count). The largest absolute Gasteiger partial charge is 0.465 e. The number of amides is 1. The molecule has 0 spiro atoms. The van der Waals surface area contributed by atoms with Crippen LogP contribution in [-0.4, -0.2) is 40.8 Å². The van der Waals surface area contributed by atoms with Gasteiger partial charge >= 0.3 is 6.09 Å². The first-order chi connectivity index (χ1) is 8.41. The molecule has 1 aliphatic rings. The molecule has 0 aromatic rings. The molecule has 1 amide bonds.